The Morgan fingerprint density at radius 3 is 2.58 bits per heavy atom. The second kappa shape index (κ2) is 9.18. The number of hydrogen-bond donors (Lipinski definition) is 1. The summed E-state index contributed by atoms with van der Waals surface area (Å²) in [6, 6.07) is 16.0. The number of amides is 1. The highest BCUT2D eigenvalue weighted by Gasteiger charge is 2.11. The van der Waals surface area contributed by atoms with Crippen LogP contribution in [0.25, 0.3) is 0 Å². The van der Waals surface area contributed by atoms with E-state index in [0.29, 0.717) is 17.5 Å². The molecule has 1 aromatic heterocycles. The minimum atomic E-state index is -0.103. The van der Waals surface area contributed by atoms with Gasteiger partial charge in [-0.25, -0.2) is 0 Å². The standard InChI is InChI=1S/C19H18IN3O2S/c1-2-13-7-9-14(10-8-13)11-18-22-23-19(25-18)26-12-17(24)21-16-6-4-3-5-15(16)20/h3-10H,2,11-12H2,1H3,(H,21,24). The molecule has 134 valence electrons. The molecular formula is C19H18IN3O2S. The molecule has 0 aliphatic heterocycles. The molecule has 0 spiro atoms. The van der Waals surface area contributed by atoms with Crippen LogP contribution in [-0.2, 0) is 17.6 Å². The van der Waals surface area contributed by atoms with Crippen LogP contribution < -0.4 is 5.32 Å². The van der Waals surface area contributed by atoms with Crippen LogP contribution in [0.5, 0.6) is 0 Å². The number of carbonyl (C=O) groups excluding carboxylic acids is 1. The van der Waals surface area contributed by atoms with Gasteiger partial charge in [0.2, 0.25) is 11.8 Å². The fourth-order valence-corrected chi connectivity index (χ4v) is 3.41. The second-order valence-electron chi connectivity index (χ2n) is 5.63. The van der Waals surface area contributed by atoms with Gasteiger partial charge in [0.1, 0.15) is 0 Å². The zero-order valence-electron chi connectivity index (χ0n) is 14.2. The maximum Gasteiger partial charge on any atom is 0.277 e. The van der Waals surface area contributed by atoms with Crippen LogP contribution in [-0.4, -0.2) is 21.9 Å². The summed E-state index contributed by atoms with van der Waals surface area (Å²) in [5, 5.41) is 11.4. The Kier molecular flexibility index (Phi) is 6.67. The molecule has 1 amide bonds. The Morgan fingerprint density at radius 2 is 1.85 bits per heavy atom. The zero-order valence-corrected chi connectivity index (χ0v) is 17.2. The van der Waals surface area contributed by atoms with Crippen molar-refractivity contribution in [2.24, 2.45) is 0 Å². The zero-order chi connectivity index (χ0) is 18.4. The molecule has 0 radical (unpaired) electrons. The molecule has 3 rings (SSSR count). The third-order valence-corrected chi connectivity index (χ3v) is 5.47. The second-order valence-corrected chi connectivity index (χ2v) is 7.71. The largest absolute Gasteiger partial charge is 0.416 e. The van der Waals surface area contributed by atoms with Crippen LogP contribution in [0.2, 0.25) is 0 Å². The first-order valence-corrected chi connectivity index (χ1v) is 10.3. The van der Waals surface area contributed by atoms with Gasteiger partial charge >= 0.3 is 0 Å². The molecule has 0 saturated carbocycles. The Balaban J connectivity index is 1.51. The SMILES string of the molecule is CCc1ccc(Cc2nnc(SCC(=O)Nc3ccccc3I)o2)cc1. The number of halogens is 1. The van der Waals surface area contributed by atoms with Crippen LogP contribution in [0.3, 0.4) is 0 Å². The fourth-order valence-electron chi connectivity index (χ4n) is 2.31. The van der Waals surface area contributed by atoms with Crippen molar-refractivity contribution in [2.45, 2.75) is 25.0 Å². The lowest BCUT2D eigenvalue weighted by Gasteiger charge is -2.05. The summed E-state index contributed by atoms with van der Waals surface area (Å²) < 4.78 is 6.63. The molecule has 0 fully saturated rings. The molecule has 26 heavy (non-hydrogen) atoms. The van der Waals surface area contributed by atoms with Crippen LogP contribution in [0, 0.1) is 3.57 Å². The normalized spacial score (nSPS) is 10.7. The van der Waals surface area contributed by atoms with E-state index in [4.69, 9.17) is 4.42 Å². The third kappa shape index (κ3) is 5.31. The van der Waals surface area contributed by atoms with Gasteiger partial charge in [-0.1, -0.05) is 55.1 Å². The molecule has 7 heteroatoms. The van der Waals surface area contributed by atoms with Crippen LogP contribution >= 0.6 is 34.4 Å². The number of nitrogens with zero attached hydrogens (tertiary/aromatic N) is 2. The summed E-state index contributed by atoms with van der Waals surface area (Å²) >= 11 is 3.43. The van der Waals surface area contributed by atoms with Gasteiger partial charge < -0.3 is 9.73 Å². The van der Waals surface area contributed by atoms with Crippen LogP contribution in [0.4, 0.5) is 5.69 Å². The van der Waals surface area contributed by atoms with E-state index < -0.39 is 0 Å². The smallest absolute Gasteiger partial charge is 0.277 e. The molecule has 2 aromatic carbocycles. The van der Waals surface area contributed by atoms with E-state index in [0.717, 1.165) is 21.2 Å². The summed E-state index contributed by atoms with van der Waals surface area (Å²) in [5.74, 6) is 0.668. The predicted molar refractivity (Wildman–Crippen MR) is 111 cm³/mol. The van der Waals surface area contributed by atoms with Crippen molar-refractivity contribution in [3.05, 3.63) is 69.1 Å². The molecule has 0 atom stereocenters. The van der Waals surface area contributed by atoms with Gasteiger partial charge in [0.25, 0.3) is 5.22 Å². The van der Waals surface area contributed by atoms with Crippen molar-refractivity contribution in [2.75, 3.05) is 11.1 Å². The number of anilines is 1. The van der Waals surface area contributed by atoms with Crippen molar-refractivity contribution >= 4 is 45.9 Å². The first-order valence-electron chi connectivity index (χ1n) is 8.21. The van der Waals surface area contributed by atoms with Crippen LogP contribution in [0.1, 0.15) is 23.9 Å². The molecule has 1 N–H and O–H groups in total. The van der Waals surface area contributed by atoms with Crippen molar-refractivity contribution in [1.29, 1.82) is 0 Å². The fraction of sp³-hybridized carbons (Fsp3) is 0.211. The van der Waals surface area contributed by atoms with Gasteiger partial charge in [-0.15, -0.1) is 10.2 Å². The van der Waals surface area contributed by atoms with E-state index in [1.165, 1.54) is 17.3 Å². The van der Waals surface area contributed by atoms with Crippen molar-refractivity contribution < 1.29 is 9.21 Å². The molecule has 0 unspecified atom stereocenters. The summed E-state index contributed by atoms with van der Waals surface area (Å²) in [5.41, 5.74) is 3.23. The van der Waals surface area contributed by atoms with E-state index in [1.807, 2.05) is 24.3 Å². The number of hydrogen-bond acceptors (Lipinski definition) is 5. The monoisotopic (exact) mass is 479 g/mol. The van der Waals surface area contributed by atoms with Gasteiger partial charge in [-0.3, -0.25) is 4.79 Å². The highest BCUT2D eigenvalue weighted by Crippen LogP contribution is 2.20. The Hall–Kier alpha value is -1.87. The summed E-state index contributed by atoms with van der Waals surface area (Å²) in [6.45, 7) is 2.13. The Labute approximate surface area is 170 Å². The lowest BCUT2D eigenvalue weighted by Crippen LogP contribution is -2.14. The Bertz CT molecular complexity index is 881. The maximum absolute atomic E-state index is 12.1. The molecule has 5 nitrogen and oxygen atoms in total. The van der Waals surface area contributed by atoms with Crippen LogP contribution in [0.15, 0.2) is 58.2 Å². The number of para-hydroxylation sites is 1. The highest BCUT2D eigenvalue weighted by molar-refractivity contribution is 14.1. The van der Waals surface area contributed by atoms with Gasteiger partial charge in [0.05, 0.1) is 17.9 Å². The molecule has 1 heterocycles. The molecule has 0 aliphatic rings. The third-order valence-electron chi connectivity index (χ3n) is 3.71. The van der Waals surface area contributed by atoms with Crippen molar-refractivity contribution in [3.63, 3.8) is 0 Å². The average Bonchev–Trinajstić information content (AvgIpc) is 3.10. The number of rotatable bonds is 7. The van der Waals surface area contributed by atoms with Gasteiger partial charge in [0.15, 0.2) is 0 Å². The summed E-state index contributed by atoms with van der Waals surface area (Å²) in [6.07, 6.45) is 1.61. The van der Waals surface area contributed by atoms with E-state index >= 15 is 0 Å². The number of benzene rings is 2. The molecule has 0 bridgehead atoms. The van der Waals surface area contributed by atoms with Gasteiger partial charge in [-0.05, 0) is 52.3 Å². The lowest BCUT2D eigenvalue weighted by atomic mass is 10.1. The molecular weight excluding hydrogens is 461 g/mol. The highest BCUT2D eigenvalue weighted by atomic mass is 127. The van der Waals surface area contributed by atoms with Gasteiger partial charge in [0, 0.05) is 3.57 Å². The Morgan fingerprint density at radius 1 is 1.12 bits per heavy atom. The van der Waals surface area contributed by atoms with E-state index in [2.05, 4.69) is 69.3 Å². The predicted octanol–water partition coefficient (Wildman–Crippen LogP) is 4.56. The first-order chi connectivity index (χ1) is 12.6. The van der Waals surface area contributed by atoms with E-state index in [-0.39, 0.29) is 11.7 Å². The molecule has 3 aromatic rings. The number of aromatic nitrogens is 2. The minimum absolute atomic E-state index is 0.103. The van der Waals surface area contributed by atoms with E-state index in [1.54, 1.807) is 0 Å². The first kappa shape index (κ1) is 18.9. The lowest BCUT2D eigenvalue weighted by molar-refractivity contribution is -0.113. The number of carbonyl (C=O) groups is 1. The minimum Gasteiger partial charge on any atom is -0.416 e. The maximum atomic E-state index is 12.1. The number of thioether (sulfide) groups is 1. The molecule has 0 aliphatic carbocycles. The quantitative estimate of drug-likeness (QED) is 0.398. The summed E-state index contributed by atoms with van der Waals surface area (Å²) in [7, 11) is 0. The van der Waals surface area contributed by atoms with Crippen molar-refractivity contribution in [1.82, 2.24) is 10.2 Å². The topological polar surface area (TPSA) is 68.0 Å². The number of aryl methyl sites for hydroxylation is 1. The summed E-state index contributed by atoms with van der Waals surface area (Å²) in [4.78, 5) is 12.1. The number of nitrogens with one attached hydrogen (secondary N) is 1. The molecule has 0 saturated heterocycles. The van der Waals surface area contributed by atoms with Gasteiger partial charge in [-0.2, -0.15) is 0 Å². The van der Waals surface area contributed by atoms with E-state index in [9.17, 15) is 4.79 Å². The average molecular weight is 479 g/mol. The van der Waals surface area contributed by atoms with Crippen molar-refractivity contribution in [3.8, 4) is 0 Å².